The Kier molecular flexibility index (Phi) is 3.97. The van der Waals surface area contributed by atoms with Crippen LogP contribution in [0.1, 0.15) is 5.56 Å². The lowest BCUT2D eigenvalue weighted by Crippen LogP contribution is -1.95. The highest BCUT2D eigenvalue weighted by molar-refractivity contribution is 5.65. The lowest BCUT2D eigenvalue weighted by atomic mass is 10.1. The van der Waals surface area contributed by atoms with Crippen LogP contribution < -0.4 is 4.74 Å². The fraction of sp³-hybridized carbons (Fsp3) is 0.0526. The van der Waals surface area contributed by atoms with Crippen LogP contribution in [-0.4, -0.2) is 0 Å². The van der Waals surface area contributed by atoms with E-state index in [9.17, 15) is 4.39 Å². The van der Waals surface area contributed by atoms with Crippen molar-refractivity contribution in [2.24, 2.45) is 0 Å². The van der Waals surface area contributed by atoms with E-state index in [1.54, 1.807) is 6.07 Å². The maximum Gasteiger partial charge on any atom is 0.123 e. The highest BCUT2D eigenvalue weighted by atomic mass is 19.1. The van der Waals surface area contributed by atoms with Crippen molar-refractivity contribution in [3.8, 4) is 16.9 Å². The predicted molar refractivity (Wildman–Crippen MR) is 82.6 cm³/mol. The fourth-order valence-corrected chi connectivity index (χ4v) is 2.17. The summed E-state index contributed by atoms with van der Waals surface area (Å²) < 4.78 is 19.1. The number of halogens is 1. The van der Waals surface area contributed by atoms with Gasteiger partial charge in [-0.2, -0.15) is 0 Å². The first kappa shape index (κ1) is 13.4. The third kappa shape index (κ3) is 3.48. The molecule has 0 fully saturated rings. The van der Waals surface area contributed by atoms with Crippen LogP contribution in [0.4, 0.5) is 4.39 Å². The first-order valence-corrected chi connectivity index (χ1v) is 6.84. The minimum absolute atomic E-state index is 0.233. The average Bonchev–Trinajstić information content (AvgIpc) is 2.54. The van der Waals surface area contributed by atoms with Gasteiger partial charge >= 0.3 is 0 Å². The van der Waals surface area contributed by atoms with E-state index in [1.807, 2.05) is 60.7 Å². The Balaban J connectivity index is 1.77. The zero-order valence-electron chi connectivity index (χ0n) is 11.5. The Hall–Kier alpha value is -2.61. The fourth-order valence-electron chi connectivity index (χ4n) is 2.17. The zero-order chi connectivity index (χ0) is 14.5. The summed E-state index contributed by atoms with van der Waals surface area (Å²) in [6.07, 6.45) is 0. The Morgan fingerprint density at radius 2 is 1.43 bits per heavy atom. The van der Waals surface area contributed by atoms with Crippen LogP contribution in [0.15, 0.2) is 78.9 Å². The van der Waals surface area contributed by atoms with Crippen molar-refractivity contribution in [1.82, 2.24) is 0 Å². The highest BCUT2D eigenvalue weighted by Gasteiger charge is 2.02. The molecule has 0 spiro atoms. The molecule has 0 amide bonds. The Morgan fingerprint density at radius 1 is 0.714 bits per heavy atom. The van der Waals surface area contributed by atoms with Gasteiger partial charge in [-0.3, -0.25) is 0 Å². The molecule has 0 saturated carbocycles. The van der Waals surface area contributed by atoms with Gasteiger partial charge in [0, 0.05) is 0 Å². The summed E-state index contributed by atoms with van der Waals surface area (Å²) in [6, 6.07) is 24.3. The molecule has 0 bridgehead atoms. The molecule has 0 aliphatic rings. The lowest BCUT2D eigenvalue weighted by Gasteiger charge is -2.08. The van der Waals surface area contributed by atoms with Gasteiger partial charge in [-0.1, -0.05) is 54.6 Å². The summed E-state index contributed by atoms with van der Waals surface area (Å²) in [5.41, 5.74) is 2.91. The van der Waals surface area contributed by atoms with Crippen LogP contribution >= 0.6 is 0 Å². The summed E-state index contributed by atoms with van der Waals surface area (Å²) in [7, 11) is 0. The minimum atomic E-state index is -0.233. The third-order valence-electron chi connectivity index (χ3n) is 3.24. The van der Waals surface area contributed by atoms with Crippen LogP contribution in [0.5, 0.6) is 5.75 Å². The monoisotopic (exact) mass is 278 g/mol. The maximum absolute atomic E-state index is 13.3. The molecular formula is C19H15FO. The second kappa shape index (κ2) is 6.23. The molecule has 0 radical (unpaired) electrons. The summed E-state index contributed by atoms with van der Waals surface area (Å²) in [6.45, 7) is 0.521. The van der Waals surface area contributed by atoms with E-state index >= 15 is 0 Å². The standard InChI is InChI=1S/C19H15FO/c20-18-10-4-8-16(12-18)17-9-5-11-19(13-17)21-14-15-6-2-1-3-7-15/h1-13H,14H2. The second-order valence-electron chi connectivity index (χ2n) is 4.81. The van der Waals surface area contributed by atoms with Crippen LogP contribution in [-0.2, 0) is 6.61 Å². The van der Waals surface area contributed by atoms with Crippen LogP contribution in [0.2, 0.25) is 0 Å². The first-order chi connectivity index (χ1) is 10.3. The summed E-state index contributed by atoms with van der Waals surface area (Å²) in [5.74, 6) is 0.545. The van der Waals surface area contributed by atoms with Crippen molar-refractivity contribution in [3.63, 3.8) is 0 Å². The summed E-state index contributed by atoms with van der Waals surface area (Å²) in [4.78, 5) is 0. The second-order valence-corrected chi connectivity index (χ2v) is 4.81. The summed E-state index contributed by atoms with van der Waals surface area (Å²) in [5, 5.41) is 0. The van der Waals surface area contributed by atoms with E-state index in [4.69, 9.17) is 4.74 Å². The minimum Gasteiger partial charge on any atom is -0.489 e. The molecule has 3 aromatic rings. The Bertz CT molecular complexity index is 722. The molecule has 0 N–H and O–H groups in total. The maximum atomic E-state index is 13.3. The van der Waals surface area contributed by atoms with E-state index < -0.39 is 0 Å². The van der Waals surface area contributed by atoms with E-state index in [1.165, 1.54) is 12.1 Å². The molecule has 2 heteroatoms. The molecule has 0 heterocycles. The van der Waals surface area contributed by atoms with Crippen molar-refractivity contribution in [2.45, 2.75) is 6.61 Å². The number of benzene rings is 3. The van der Waals surface area contributed by atoms with E-state index in [-0.39, 0.29) is 5.82 Å². The molecule has 0 unspecified atom stereocenters. The van der Waals surface area contributed by atoms with E-state index in [2.05, 4.69) is 0 Å². The van der Waals surface area contributed by atoms with Crippen molar-refractivity contribution in [2.75, 3.05) is 0 Å². The van der Waals surface area contributed by atoms with Crippen LogP contribution in [0, 0.1) is 5.82 Å². The lowest BCUT2D eigenvalue weighted by molar-refractivity contribution is 0.306. The molecule has 0 aliphatic heterocycles. The first-order valence-electron chi connectivity index (χ1n) is 6.84. The molecule has 3 aromatic carbocycles. The zero-order valence-corrected chi connectivity index (χ0v) is 11.5. The quantitative estimate of drug-likeness (QED) is 0.647. The summed E-state index contributed by atoms with van der Waals surface area (Å²) >= 11 is 0. The number of rotatable bonds is 4. The Labute approximate surface area is 123 Å². The van der Waals surface area contributed by atoms with Gasteiger partial charge in [-0.15, -0.1) is 0 Å². The van der Waals surface area contributed by atoms with E-state index in [0.29, 0.717) is 6.61 Å². The van der Waals surface area contributed by atoms with Gasteiger partial charge in [0.05, 0.1) is 0 Å². The smallest absolute Gasteiger partial charge is 0.123 e. The van der Waals surface area contributed by atoms with Crippen molar-refractivity contribution in [3.05, 3.63) is 90.2 Å². The molecule has 3 rings (SSSR count). The van der Waals surface area contributed by atoms with Gasteiger partial charge in [0.1, 0.15) is 18.2 Å². The van der Waals surface area contributed by atoms with Gasteiger partial charge in [0.2, 0.25) is 0 Å². The molecule has 1 nitrogen and oxygen atoms in total. The average molecular weight is 278 g/mol. The van der Waals surface area contributed by atoms with Crippen LogP contribution in [0.3, 0.4) is 0 Å². The molecule has 0 atom stereocenters. The Morgan fingerprint density at radius 3 is 2.19 bits per heavy atom. The molecule has 104 valence electrons. The van der Waals surface area contributed by atoms with Crippen LogP contribution in [0.25, 0.3) is 11.1 Å². The molecular weight excluding hydrogens is 263 g/mol. The van der Waals surface area contributed by atoms with Crippen molar-refractivity contribution >= 4 is 0 Å². The largest absolute Gasteiger partial charge is 0.489 e. The van der Waals surface area contributed by atoms with E-state index in [0.717, 1.165) is 22.4 Å². The van der Waals surface area contributed by atoms with Crippen molar-refractivity contribution < 1.29 is 9.13 Å². The van der Waals surface area contributed by atoms with Gasteiger partial charge in [-0.05, 0) is 41.0 Å². The molecule has 0 aliphatic carbocycles. The number of hydrogen-bond donors (Lipinski definition) is 0. The third-order valence-corrected chi connectivity index (χ3v) is 3.24. The highest BCUT2D eigenvalue weighted by Crippen LogP contribution is 2.24. The molecule has 0 saturated heterocycles. The van der Waals surface area contributed by atoms with Gasteiger partial charge in [0.15, 0.2) is 0 Å². The molecule has 0 aromatic heterocycles. The topological polar surface area (TPSA) is 9.23 Å². The van der Waals surface area contributed by atoms with Gasteiger partial charge < -0.3 is 4.74 Å². The number of hydrogen-bond acceptors (Lipinski definition) is 1. The SMILES string of the molecule is Fc1cccc(-c2cccc(OCc3ccccc3)c2)c1. The van der Waals surface area contributed by atoms with Crippen molar-refractivity contribution in [1.29, 1.82) is 0 Å². The normalized spacial score (nSPS) is 10.3. The number of ether oxygens (including phenoxy) is 1. The molecule has 21 heavy (non-hydrogen) atoms. The van der Waals surface area contributed by atoms with Gasteiger partial charge in [0.25, 0.3) is 0 Å². The predicted octanol–water partition coefficient (Wildman–Crippen LogP) is 5.07. The van der Waals surface area contributed by atoms with Gasteiger partial charge in [-0.25, -0.2) is 4.39 Å².